The van der Waals surface area contributed by atoms with Crippen LogP contribution < -0.4 is 10.1 Å². The average molecular weight is 432 g/mol. The lowest BCUT2D eigenvalue weighted by Gasteiger charge is -2.12. The second-order valence-corrected chi connectivity index (χ2v) is 8.36. The Bertz CT molecular complexity index is 1360. The number of aromatic nitrogens is 4. The summed E-state index contributed by atoms with van der Waals surface area (Å²) in [6, 6.07) is 11.9. The van der Waals surface area contributed by atoms with Crippen molar-refractivity contribution in [3.05, 3.63) is 71.8 Å². The van der Waals surface area contributed by atoms with E-state index in [2.05, 4.69) is 26.3 Å². The smallest absolute Gasteiger partial charge is 0.142 e. The van der Waals surface area contributed by atoms with E-state index in [1.54, 1.807) is 23.9 Å². The van der Waals surface area contributed by atoms with Gasteiger partial charge in [0.25, 0.3) is 0 Å². The maximum atomic E-state index is 9.08. The van der Waals surface area contributed by atoms with Gasteiger partial charge in [-0.25, -0.2) is 15.0 Å². The first-order chi connectivity index (χ1) is 15.2. The summed E-state index contributed by atoms with van der Waals surface area (Å²) in [5.74, 6) is 2.30. The highest BCUT2D eigenvalue weighted by Crippen LogP contribution is 2.32. The number of hydrogen-bond donors (Lipinski definition) is 2. The van der Waals surface area contributed by atoms with E-state index in [1.165, 1.54) is 4.88 Å². The predicted molar refractivity (Wildman–Crippen MR) is 123 cm³/mol. The largest absolute Gasteiger partial charge is 0.457 e. The van der Waals surface area contributed by atoms with Crippen LogP contribution in [0.25, 0.3) is 15.9 Å². The van der Waals surface area contributed by atoms with Crippen molar-refractivity contribution < 1.29 is 9.84 Å². The molecular weight excluding hydrogens is 410 g/mol. The minimum atomic E-state index is 0.189. The van der Waals surface area contributed by atoms with Crippen LogP contribution in [-0.4, -0.2) is 31.1 Å². The van der Waals surface area contributed by atoms with Gasteiger partial charge in [-0.05, 0) is 55.7 Å². The Labute approximate surface area is 183 Å². The minimum Gasteiger partial charge on any atom is -0.457 e. The molecule has 0 radical (unpaired) electrons. The lowest BCUT2D eigenvalue weighted by atomic mass is 10.2. The summed E-state index contributed by atoms with van der Waals surface area (Å²) in [5.41, 5.74) is 2.78. The molecule has 0 atom stereocenters. The lowest BCUT2D eigenvalue weighted by molar-refractivity contribution is 0.289. The van der Waals surface area contributed by atoms with Crippen molar-refractivity contribution in [2.24, 2.45) is 0 Å². The molecule has 8 heteroatoms. The van der Waals surface area contributed by atoms with Crippen LogP contribution in [0.15, 0.2) is 61.3 Å². The Kier molecular flexibility index (Phi) is 5.23. The van der Waals surface area contributed by atoms with Gasteiger partial charge in [0.1, 0.15) is 34.1 Å². The monoisotopic (exact) mass is 431 g/mol. The Hall–Kier alpha value is -3.49. The number of nitrogens with one attached hydrogen (secondary N) is 1. The summed E-state index contributed by atoms with van der Waals surface area (Å²) in [6.07, 6.45) is 8.76. The number of fused-ring (bicyclic) bond motifs is 2. The summed E-state index contributed by atoms with van der Waals surface area (Å²) in [6.45, 7) is 2.20. The van der Waals surface area contributed by atoms with Crippen LogP contribution in [0, 0.1) is 6.92 Å². The summed E-state index contributed by atoms with van der Waals surface area (Å²) in [5, 5.41) is 13.5. The van der Waals surface area contributed by atoms with Gasteiger partial charge in [0.05, 0.1) is 5.39 Å². The number of rotatable bonds is 7. The number of anilines is 2. The number of pyridine rings is 1. The Morgan fingerprint density at radius 2 is 2.03 bits per heavy atom. The number of nitrogens with zero attached hydrogens (tertiary/aromatic N) is 4. The quantitative estimate of drug-likeness (QED) is 0.373. The van der Waals surface area contributed by atoms with Crippen molar-refractivity contribution in [2.45, 2.75) is 19.8 Å². The number of thiophene rings is 1. The Morgan fingerprint density at radius 1 is 1.10 bits per heavy atom. The zero-order chi connectivity index (χ0) is 21.2. The molecule has 0 fully saturated rings. The number of ether oxygens (including phenoxy) is 1. The van der Waals surface area contributed by atoms with Gasteiger partial charge in [-0.3, -0.25) is 0 Å². The number of aliphatic hydroxyl groups is 1. The Balaban J connectivity index is 1.37. The third kappa shape index (κ3) is 4.08. The van der Waals surface area contributed by atoms with Gasteiger partial charge in [0.15, 0.2) is 0 Å². The highest BCUT2D eigenvalue weighted by atomic mass is 32.1. The van der Waals surface area contributed by atoms with Gasteiger partial charge in [-0.1, -0.05) is 0 Å². The fourth-order valence-corrected chi connectivity index (χ4v) is 4.48. The molecule has 0 bridgehead atoms. The molecule has 0 aliphatic rings. The number of aliphatic hydroxyl groups excluding tert-OH is 1. The molecule has 0 aliphatic carbocycles. The molecule has 5 aromatic rings. The first kappa shape index (κ1) is 19.5. The highest BCUT2D eigenvalue weighted by molar-refractivity contribution is 7.18. The molecule has 4 aromatic heterocycles. The molecule has 4 heterocycles. The SMILES string of the molecule is Cc1cc(Nc2ncnc3sc(CCCO)cc23)ccc1Oc1ccn2ccnc2c1. The third-order valence-corrected chi connectivity index (χ3v) is 6.10. The molecule has 0 saturated heterocycles. The van der Waals surface area contributed by atoms with Crippen molar-refractivity contribution in [3.8, 4) is 11.5 Å². The zero-order valence-corrected chi connectivity index (χ0v) is 17.8. The molecule has 0 aliphatic heterocycles. The van der Waals surface area contributed by atoms with Crippen LogP contribution in [-0.2, 0) is 6.42 Å². The van der Waals surface area contributed by atoms with Crippen molar-refractivity contribution in [1.29, 1.82) is 0 Å². The first-order valence-corrected chi connectivity index (χ1v) is 10.8. The third-order valence-electron chi connectivity index (χ3n) is 5.00. The van der Waals surface area contributed by atoms with Crippen LogP contribution in [0.1, 0.15) is 16.9 Å². The summed E-state index contributed by atoms with van der Waals surface area (Å²) >= 11 is 1.64. The molecular formula is C23H21N5O2S. The summed E-state index contributed by atoms with van der Waals surface area (Å²) in [7, 11) is 0. The maximum absolute atomic E-state index is 9.08. The van der Waals surface area contributed by atoms with Crippen molar-refractivity contribution in [1.82, 2.24) is 19.4 Å². The maximum Gasteiger partial charge on any atom is 0.142 e. The van der Waals surface area contributed by atoms with Gasteiger partial charge in [-0.15, -0.1) is 11.3 Å². The van der Waals surface area contributed by atoms with Gasteiger partial charge >= 0.3 is 0 Å². The number of aryl methyl sites for hydroxylation is 2. The van der Waals surface area contributed by atoms with Gasteiger partial charge in [0.2, 0.25) is 0 Å². The zero-order valence-electron chi connectivity index (χ0n) is 16.9. The van der Waals surface area contributed by atoms with E-state index < -0.39 is 0 Å². The molecule has 0 spiro atoms. The number of benzene rings is 1. The second-order valence-electron chi connectivity index (χ2n) is 7.24. The van der Waals surface area contributed by atoms with E-state index in [4.69, 9.17) is 9.84 Å². The van der Waals surface area contributed by atoms with Gasteiger partial charge < -0.3 is 19.6 Å². The van der Waals surface area contributed by atoms with E-state index in [0.717, 1.165) is 57.3 Å². The molecule has 0 unspecified atom stereocenters. The lowest BCUT2D eigenvalue weighted by Crippen LogP contribution is -1.96. The van der Waals surface area contributed by atoms with Crippen LogP contribution in [0.2, 0.25) is 0 Å². The predicted octanol–water partition coefficient (Wildman–Crippen LogP) is 5.11. The van der Waals surface area contributed by atoms with E-state index in [1.807, 2.05) is 54.0 Å². The Morgan fingerprint density at radius 3 is 2.90 bits per heavy atom. The highest BCUT2D eigenvalue weighted by Gasteiger charge is 2.10. The van der Waals surface area contributed by atoms with E-state index in [9.17, 15) is 0 Å². The molecule has 31 heavy (non-hydrogen) atoms. The molecule has 7 nitrogen and oxygen atoms in total. The fourth-order valence-electron chi connectivity index (χ4n) is 3.44. The number of imidazole rings is 1. The van der Waals surface area contributed by atoms with Crippen molar-refractivity contribution in [3.63, 3.8) is 0 Å². The van der Waals surface area contributed by atoms with Gasteiger partial charge in [-0.2, -0.15) is 0 Å². The molecule has 2 N–H and O–H groups in total. The fraction of sp³-hybridized carbons (Fsp3) is 0.174. The average Bonchev–Trinajstić information content (AvgIpc) is 3.41. The molecule has 0 saturated carbocycles. The van der Waals surface area contributed by atoms with Crippen LogP contribution in [0.4, 0.5) is 11.5 Å². The standard InChI is InChI=1S/C23H21N5O2S/c1-15-11-16(4-5-20(15)30-17-6-8-28-9-7-24-21(28)12-17)27-22-19-13-18(3-2-10-29)31-23(19)26-14-25-22/h4-9,11-14,29H,2-3,10H2,1H3,(H,25,26,27). The van der Waals surface area contributed by atoms with Gasteiger partial charge in [0, 0.05) is 41.8 Å². The topological polar surface area (TPSA) is 84.6 Å². The second kappa shape index (κ2) is 8.33. The molecule has 5 rings (SSSR count). The molecule has 1 aromatic carbocycles. The normalized spacial score (nSPS) is 11.3. The molecule has 0 amide bonds. The number of hydrogen-bond acceptors (Lipinski definition) is 7. The van der Waals surface area contributed by atoms with E-state index >= 15 is 0 Å². The van der Waals surface area contributed by atoms with Crippen molar-refractivity contribution >= 4 is 38.7 Å². The first-order valence-electron chi connectivity index (χ1n) is 10.0. The summed E-state index contributed by atoms with van der Waals surface area (Å²) < 4.78 is 8.02. The minimum absolute atomic E-state index is 0.189. The molecule has 156 valence electrons. The van der Waals surface area contributed by atoms with E-state index in [-0.39, 0.29) is 6.61 Å². The van der Waals surface area contributed by atoms with E-state index in [0.29, 0.717) is 0 Å². The van der Waals surface area contributed by atoms with Crippen LogP contribution in [0.5, 0.6) is 11.5 Å². The van der Waals surface area contributed by atoms with Crippen LogP contribution >= 0.6 is 11.3 Å². The van der Waals surface area contributed by atoms with Crippen molar-refractivity contribution in [2.75, 3.05) is 11.9 Å². The van der Waals surface area contributed by atoms with Crippen LogP contribution in [0.3, 0.4) is 0 Å². The summed E-state index contributed by atoms with van der Waals surface area (Å²) in [4.78, 5) is 15.3.